The summed E-state index contributed by atoms with van der Waals surface area (Å²) in [6.45, 7) is 2.25. The van der Waals surface area contributed by atoms with Crippen LogP contribution >= 0.6 is 11.6 Å². The van der Waals surface area contributed by atoms with Gasteiger partial charge in [0.15, 0.2) is 0 Å². The first kappa shape index (κ1) is 12.6. The molecular formula is C13H19ClN2O. The summed E-state index contributed by atoms with van der Waals surface area (Å²) in [6.07, 6.45) is 9.75. The molecule has 2 unspecified atom stereocenters. The number of rotatable bonds is 4. The molecule has 3 nitrogen and oxygen atoms in total. The molecule has 2 atom stereocenters. The molecule has 0 saturated heterocycles. The molecule has 94 valence electrons. The molecule has 17 heavy (non-hydrogen) atoms. The van der Waals surface area contributed by atoms with Crippen molar-refractivity contribution in [3.05, 3.63) is 18.1 Å². The van der Waals surface area contributed by atoms with Crippen LogP contribution in [0.25, 0.3) is 0 Å². The number of alkyl halides is 1. The molecule has 1 fully saturated rings. The van der Waals surface area contributed by atoms with Crippen LogP contribution in [0.2, 0.25) is 0 Å². The summed E-state index contributed by atoms with van der Waals surface area (Å²) in [6, 6.07) is 0. The third-order valence-corrected chi connectivity index (χ3v) is 3.67. The van der Waals surface area contributed by atoms with Gasteiger partial charge in [-0.1, -0.05) is 19.8 Å². The van der Waals surface area contributed by atoms with Gasteiger partial charge < -0.3 is 4.74 Å². The van der Waals surface area contributed by atoms with Crippen LogP contribution in [0.4, 0.5) is 0 Å². The zero-order valence-corrected chi connectivity index (χ0v) is 11.0. The fourth-order valence-electron chi connectivity index (χ4n) is 2.40. The molecule has 0 spiro atoms. The van der Waals surface area contributed by atoms with E-state index in [0.29, 0.717) is 17.9 Å². The Balaban J connectivity index is 1.95. The van der Waals surface area contributed by atoms with E-state index in [-0.39, 0.29) is 0 Å². The molecule has 0 aliphatic heterocycles. The molecule has 2 rings (SSSR count). The van der Waals surface area contributed by atoms with Gasteiger partial charge in [0.05, 0.1) is 17.8 Å². The number of halogens is 1. The molecule has 0 N–H and O–H groups in total. The summed E-state index contributed by atoms with van der Waals surface area (Å²) in [5.74, 6) is 1.80. The normalized spacial score (nSPS) is 24.6. The Kier molecular flexibility index (Phi) is 4.60. The lowest BCUT2D eigenvalue weighted by Crippen LogP contribution is -2.25. The molecule has 1 aromatic rings. The summed E-state index contributed by atoms with van der Waals surface area (Å²) in [5, 5.41) is 0. The Morgan fingerprint density at radius 3 is 3.06 bits per heavy atom. The van der Waals surface area contributed by atoms with Crippen LogP contribution in [0.15, 0.2) is 12.4 Å². The van der Waals surface area contributed by atoms with Crippen molar-refractivity contribution in [1.29, 1.82) is 0 Å². The monoisotopic (exact) mass is 254 g/mol. The van der Waals surface area contributed by atoms with E-state index in [2.05, 4.69) is 16.9 Å². The van der Waals surface area contributed by atoms with Crippen LogP contribution < -0.4 is 4.74 Å². The second-order valence-corrected chi connectivity index (χ2v) is 4.93. The number of nitrogens with zero attached hydrogens (tertiary/aromatic N) is 2. The number of ether oxygens (including phenoxy) is 1. The minimum Gasteiger partial charge on any atom is -0.473 e. The number of hydrogen-bond donors (Lipinski definition) is 0. The average Bonchev–Trinajstić information content (AvgIpc) is 2.39. The smallest absolute Gasteiger partial charge is 0.232 e. The first-order valence-electron chi connectivity index (χ1n) is 6.35. The standard InChI is InChI=1S/C13H19ClN2O/c1-2-10-4-3-5-12(6-10)17-13-9-15-8-11(7-14)16-13/h8-10,12H,2-7H2,1H3. The highest BCUT2D eigenvalue weighted by molar-refractivity contribution is 6.16. The Morgan fingerprint density at radius 1 is 1.41 bits per heavy atom. The predicted molar refractivity (Wildman–Crippen MR) is 68.3 cm³/mol. The molecule has 1 aliphatic rings. The van der Waals surface area contributed by atoms with Crippen LogP contribution in [0, 0.1) is 5.92 Å². The highest BCUT2D eigenvalue weighted by Gasteiger charge is 2.22. The van der Waals surface area contributed by atoms with Crippen molar-refractivity contribution in [1.82, 2.24) is 9.97 Å². The quantitative estimate of drug-likeness (QED) is 0.771. The van der Waals surface area contributed by atoms with Gasteiger partial charge in [0.25, 0.3) is 0 Å². The predicted octanol–water partition coefficient (Wildman–Crippen LogP) is 3.56. The number of aromatic nitrogens is 2. The first-order chi connectivity index (χ1) is 8.31. The maximum atomic E-state index is 5.90. The lowest BCUT2D eigenvalue weighted by atomic mass is 9.85. The molecule has 0 aromatic carbocycles. The van der Waals surface area contributed by atoms with Gasteiger partial charge in [-0.2, -0.15) is 0 Å². The van der Waals surface area contributed by atoms with Gasteiger partial charge in [-0.3, -0.25) is 4.98 Å². The molecular weight excluding hydrogens is 236 g/mol. The van der Waals surface area contributed by atoms with E-state index in [4.69, 9.17) is 16.3 Å². The van der Waals surface area contributed by atoms with E-state index in [1.807, 2.05) is 0 Å². The van der Waals surface area contributed by atoms with Gasteiger partial charge in [0.2, 0.25) is 5.88 Å². The lowest BCUT2D eigenvalue weighted by Gasteiger charge is -2.28. The minimum atomic E-state index is 0.300. The van der Waals surface area contributed by atoms with Crippen molar-refractivity contribution in [2.75, 3.05) is 0 Å². The maximum Gasteiger partial charge on any atom is 0.232 e. The van der Waals surface area contributed by atoms with E-state index >= 15 is 0 Å². The molecule has 1 aliphatic carbocycles. The van der Waals surface area contributed by atoms with Crippen molar-refractivity contribution in [2.24, 2.45) is 5.92 Å². The van der Waals surface area contributed by atoms with Gasteiger partial charge in [-0.05, 0) is 25.2 Å². The summed E-state index contributed by atoms with van der Waals surface area (Å²) < 4.78 is 5.90. The summed E-state index contributed by atoms with van der Waals surface area (Å²) in [4.78, 5) is 8.41. The average molecular weight is 255 g/mol. The van der Waals surface area contributed by atoms with Crippen molar-refractivity contribution in [3.63, 3.8) is 0 Å². The van der Waals surface area contributed by atoms with Gasteiger partial charge in [-0.25, -0.2) is 4.98 Å². The zero-order valence-electron chi connectivity index (χ0n) is 10.2. The summed E-state index contributed by atoms with van der Waals surface area (Å²) >= 11 is 5.73. The molecule has 1 aromatic heterocycles. The van der Waals surface area contributed by atoms with Crippen LogP contribution in [0.1, 0.15) is 44.7 Å². The fourth-order valence-corrected chi connectivity index (χ4v) is 2.53. The zero-order chi connectivity index (χ0) is 12.1. The van der Waals surface area contributed by atoms with Crippen molar-refractivity contribution in [3.8, 4) is 5.88 Å². The van der Waals surface area contributed by atoms with Crippen LogP contribution in [-0.2, 0) is 5.88 Å². The number of hydrogen-bond acceptors (Lipinski definition) is 3. The molecule has 1 saturated carbocycles. The molecule has 0 amide bonds. The first-order valence-corrected chi connectivity index (χ1v) is 6.88. The Labute approximate surface area is 108 Å². The lowest BCUT2D eigenvalue weighted by molar-refractivity contribution is 0.116. The van der Waals surface area contributed by atoms with Gasteiger partial charge in [0.1, 0.15) is 6.10 Å². The molecule has 1 heterocycles. The van der Waals surface area contributed by atoms with Crippen molar-refractivity contribution < 1.29 is 4.74 Å². The Morgan fingerprint density at radius 2 is 2.29 bits per heavy atom. The highest BCUT2D eigenvalue weighted by Crippen LogP contribution is 2.28. The third-order valence-electron chi connectivity index (χ3n) is 3.40. The van der Waals surface area contributed by atoms with E-state index in [9.17, 15) is 0 Å². The maximum absolute atomic E-state index is 5.90. The van der Waals surface area contributed by atoms with Crippen LogP contribution in [0.3, 0.4) is 0 Å². The summed E-state index contributed by atoms with van der Waals surface area (Å²) in [5.41, 5.74) is 0.770. The molecule has 4 heteroatoms. The van der Waals surface area contributed by atoms with Gasteiger partial charge in [0, 0.05) is 6.20 Å². The Hall–Kier alpha value is -0.830. The second-order valence-electron chi connectivity index (χ2n) is 4.66. The SMILES string of the molecule is CCC1CCCC(Oc2cncc(CCl)n2)C1. The van der Waals surface area contributed by atoms with Crippen molar-refractivity contribution in [2.45, 2.75) is 51.0 Å². The fraction of sp³-hybridized carbons (Fsp3) is 0.692. The molecule has 0 radical (unpaired) electrons. The van der Waals surface area contributed by atoms with Crippen LogP contribution in [-0.4, -0.2) is 16.1 Å². The topological polar surface area (TPSA) is 35.0 Å². The van der Waals surface area contributed by atoms with Crippen molar-refractivity contribution >= 4 is 11.6 Å². The second kappa shape index (κ2) is 6.20. The minimum absolute atomic E-state index is 0.300. The van der Waals surface area contributed by atoms with E-state index in [0.717, 1.165) is 24.5 Å². The van der Waals surface area contributed by atoms with Gasteiger partial charge >= 0.3 is 0 Å². The van der Waals surface area contributed by atoms with Gasteiger partial charge in [-0.15, -0.1) is 11.6 Å². The largest absolute Gasteiger partial charge is 0.473 e. The molecule has 0 bridgehead atoms. The van der Waals surface area contributed by atoms with E-state index in [1.54, 1.807) is 12.4 Å². The van der Waals surface area contributed by atoms with Crippen LogP contribution in [0.5, 0.6) is 5.88 Å². The Bertz CT molecular complexity index is 359. The van der Waals surface area contributed by atoms with E-state index < -0.39 is 0 Å². The third kappa shape index (κ3) is 3.56. The highest BCUT2D eigenvalue weighted by atomic mass is 35.5. The summed E-state index contributed by atoms with van der Waals surface area (Å²) in [7, 11) is 0. The van der Waals surface area contributed by atoms with E-state index in [1.165, 1.54) is 19.3 Å².